The van der Waals surface area contributed by atoms with E-state index in [1.165, 1.54) is 118 Å². The number of hydrogen-bond donors (Lipinski definition) is 2. The van der Waals surface area contributed by atoms with Crippen molar-refractivity contribution in [3.8, 4) is 0 Å². The van der Waals surface area contributed by atoms with Gasteiger partial charge in [-0.3, -0.25) is 5.32 Å². The van der Waals surface area contributed by atoms with Crippen molar-refractivity contribution in [2.24, 2.45) is 0 Å². The van der Waals surface area contributed by atoms with E-state index in [0.717, 1.165) is 50.4 Å². The van der Waals surface area contributed by atoms with Crippen LogP contribution in [-0.4, -0.2) is 41.0 Å². The second-order valence-electron chi connectivity index (χ2n) is 14.0. The standard InChI is InChI=1S/C41H49N6S/c1-3-5-10-22-46-24-12-16-29-26-31(18-20-33(29)46)35-37-38(43-41(42-37)28-14-8-7-9-15-28)36(40-39(35)44-48-45-40)32-19-21-34-30(27-32)17-13-25-47(34)23-11-6-4-2/h7-9,14-15,18-21,26-27,37,41-43H,3-6,10-13,16-17,22-25H2,1-2H3/q+1/b35-31+. The van der Waals surface area contributed by atoms with Crippen LogP contribution in [0, 0.1) is 0 Å². The Labute approximate surface area is 289 Å². The van der Waals surface area contributed by atoms with Crippen LogP contribution in [0.25, 0.3) is 11.1 Å². The molecule has 1 saturated heterocycles. The lowest BCUT2D eigenvalue weighted by Crippen LogP contribution is -2.40. The summed E-state index contributed by atoms with van der Waals surface area (Å²) in [5.74, 6) is 0. The van der Waals surface area contributed by atoms with E-state index in [1.807, 2.05) is 0 Å². The van der Waals surface area contributed by atoms with Crippen molar-refractivity contribution in [3.63, 3.8) is 0 Å². The fraction of sp³-hybridized carbons (Fsp3) is 0.439. The van der Waals surface area contributed by atoms with Gasteiger partial charge in [-0.05, 0) is 78.3 Å². The van der Waals surface area contributed by atoms with Crippen molar-refractivity contribution < 1.29 is 0 Å². The predicted octanol–water partition coefficient (Wildman–Crippen LogP) is 6.34. The van der Waals surface area contributed by atoms with Crippen molar-refractivity contribution in [1.29, 1.82) is 0 Å². The molecule has 2 atom stereocenters. The van der Waals surface area contributed by atoms with Gasteiger partial charge in [-0.25, -0.2) is 4.58 Å². The first-order valence-electron chi connectivity index (χ1n) is 18.5. The monoisotopic (exact) mass is 657 g/mol. The molecule has 1 fully saturated rings. The number of unbranched alkanes of at least 4 members (excludes halogenated alkanes) is 4. The molecule has 0 radical (unpaired) electrons. The summed E-state index contributed by atoms with van der Waals surface area (Å²) in [6, 6.07) is 25.1. The van der Waals surface area contributed by atoms with E-state index >= 15 is 0 Å². The van der Waals surface area contributed by atoms with Crippen LogP contribution in [0.3, 0.4) is 0 Å². The lowest BCUT2D eigenvalue weighted by Gasteiger charge is -2.32. The van der Waals surface area contributed by atoms with Gasteiger partial charge in [-0.1, -0.05) is 69.5 Å². The zero-order chi connectivity index (χ0) is 32.5. The summed E-state index contributed by atoms with van der Waals surface area (Å²) in [5.41, 5.74) is 12.5. The number of aryl methyl sites for hydroxylation is 2. The predicted molar refractivity (Wildman–Crippen MR) is 199 cm³/mol. The molecule has 4 aromatic rings. The van der Waals surface area contributed by atoms with Gasteiger partial charge in [0.15, 0.2) is 0 Å². The summed E-state index contributed by atoms with van der Waals surface area (Å²) in [5, 5.41) is 10.7. The van der Waals surface area contributed by atoms with E-state index in [1.54, 1.807) is 0 Å². The van der Waals surface area contributed by atoms with Crippen molar-refractivity contribution in [2.45, 2.75) is 90.3 Å². The van der Waals surface area contributed by atoms with Gasteiger partial charge in [0, 0.05) is 60.1 Å². The molecule has 1 aliphatic carbocycles. The third-order valence-electron chi connectivity index (χ3n) is 10.8. The summed E-state index contributed by atoms with van der Waals surface area (Å²) in [7, 11) is 0. The molecule has 6 nitrogen and oxygen atoms in total. The van der Waals surface area contributed by atoms with Crippen molar-refractivity contribution in [1.82, 2.24) is 24.0 Å². The van der Waals surface area contributed by atoms with Crippen LogP contribution in [0.2, 0.25) is 0 Å². The zero-order valence-corrected chi connectivity index (χ0v) is 29.4. The third kappa shape index (κ3) is 5.90. The normalized spacial score (nSPS) is 21.0. The first-order chi connectivity index (χ1) is 23.7. The van der Waals surface area contributed by atoms with Gasteiger partial charge in [0.05, 0.1) is 17.8 Å². The lowest BCUT2D eigenvalue weighted by atomic mass is 9.83. The molecule has 7 heteroatoms. The Kier molecular flexibility index (Phi) is 9.15. The highest BCUT2D eigenvalue weighted by Gasteiger charge is 2.42. The molecule has 2 N–H and O–H groups in total. The summed E-state index contributed by atoms with van der Waals surface area (Å²) in [6.45, 7) is 9.19. The Morgan fingerprint density at radius 1 is 0.854 bits per heavy atom. The number of aromatic nitrogens is 2. The van der Waals surface area contributed by atoms with Crippen LogP contribution in [0.5, 0.6) is 0 Å². The maximum absolute atomic E-state index is 5.04. The van der Waals surface area contributed by atoms with Crippen LogP contribution in [0.1, 0.15) is 105 Å². The highest BCUT2D eigenvalue weighted by atomic mass is 32.1. The second kappa shape index (κ2) is 14.0. The SMILES string of the molecule is CCCCCN1CCCc2cc(C3=C4NC(c5ccccc5)NC4/C(=c4/ccc5c(c4)CCC[N+]=5CCCCC)c4nsnc43)ccc21. The first-order valence-corrected chi connectivity index (χ1v) is 19.2. The van der Waals surface area contributed by atoms with Crippen molar-refractivity contribution in [3.05, 3.63) is 117 Å². The van der Waals surface area contributed by atoms with Gasteiger partial charge in [0.2, 0.25) is 5.36 Å². The van der Waals surface area contributed by atoms with Crippen LogP contribution in [0.4, 0.5) is 5.69 Å². The van der Waals surface area contributed by atoms with Gasteiger partial charge in [-0.15, -0.1) is 0 Å². The maximum Gasteiger partial charge on any atom is 0.203 e. The Morgan fingerprint density at radius 2 is 1.69 bits per heavy atom. The molecule has 0 spiro atoms. The molecule has 4 aliphatic rings. The Hall–Kier alpha value is -3.81. The number of nitrogens with zero attached hydrogens (tertiary/aromatic N) is 4. The fourth-order valence-corrected chi connectivity index (χ4v) is 9.00. The number of benzene rings is 3. The summed E-state index contributed by atoms with van der Waals surface area (Å²) < 4.78 is 12.7. The minimum Gasteiger partial charge on any atom is -0.371 e. The molecule has 248 valence electrons. The number of fused-ring (bicyclic) bond motifs is 4. The number of anilines is 1. The van der Waals surface area contributed by atoms with Gasteiger partial charge in [0.25, 0.3) is 0 Å². The van der Waals surface area contributed by atoms with Crippen LogP contribution < -0.4 is 30.7 Å². The number of hydrogen-bond acceptors (Lipinski definition) is 6. The molecular weight excluding hydrogens is 609 g/mol. The molecule has 3 aromatic carbocycles. The maximum atomic E-state index is 5.04. The van der Waals surface area contributed by atoms with E-state index in [2.05, 4.69) is 101 Å². The Bertz CT molecular complexity index is 1940. The highest BCUT2D eigenvalue weighted by Crippen LogP contribution is 2.43. The van der Waals surface area contributed by atoms with Gasteiger partial charge >= 0.3 is 0 Å². The van der Waals surface area contributed by atoms with Gasteiger partial charge in [-0.2, -0.15) is 8.75 Å². The molecule has 0 amide bonds. The Balaban J connectivity index is 1.26. The molecule has 48 heavy (non-hydrogen) atoms. The fourth-order valence-electron chi connectivity index (χ4n) is 8.43. The summed E-state index contributed by atoms with van der Waals surface area (Å²) >= 11 is 1.34. The first kappa shape index (κ1) is 31.5. The van der Waals surface area contributed by atoms with E-state index in [-0.39, 0.29) is 12.2 Å². The van der Waals surface area contributed by atoms with Crippen molar-refractivity contribution in [2.75, 3.05) is 31.1 Å². The zero-order valence-electron chi connectivity index (χ0n) is 28.6. The van der Waals surface area contributed by atoms with Crippen LogP contribution in [0.15, 0.2) is 72.4 Å². The lowest BCUT2D eigenvalue weighted by molar-refractivity contribution is 0.496. The van der Waals surface area contributed by atoms with E-state index in [4.69, 9.17) is 8.75 Å². The average molecular weight is 658 g/mol. The summed E-state index contributed by atoms with van der Waals surface area (Å²) in [4.78, 5) is 2.61. The minimum atomic E-state index is -0.00882. The molecule has 1 aromatic heterocycles. The molecule has 8 rings (SSSR count). The smallest absolute Gasteiger partial charge is 0.203 e. The van der Waals surface area contributed by atoms with Crippen LogP contribution in [-0.2, 0) is 12.8 Å². The minimum absolute atomic E-state index is 0.00208. The Morgan fingerprint density at radius 3 is 2.56 bits per heavy atom. The second-order valence-corrected chi connectivity index (χ2v) is 14.6. The molecule has 3 aliphatic heterocycles. The quantitative estimate of drug-likeness (QED) is 0.154. The summed E-state index contributed by atoms with van der Waals surface area (Å²) in [6.07, 6.45) is 12.3. The molecule has 2 unspecified atom stereocenters. The van der Waals surface area contributed by atoms with Gasteiger partial charge < -0.3 is 10.2 Å². The highest BCUT2D eigenvalue weighted by molar-refractivity contribution is 6.99. The van der Waals surface area contributed by atoms with E-state index in [9.17, 15) is 0 Å². The average Bonchev–Trinajstić information content (AvgIpc) is 3.79. The molecule has 4 heterocycles. The van der Waals surface area contributed by atoms with E-state index in [0.29, 0.717) is 0 Å². The van der Waals surface area contributed by atoms with E-state index < -0.39 is 0 Å². The van der Waals surface area contributed by atoms with Crippen LogP contribution >= 0.6 is 11.7 Å². The van der Waals surface area contributed by atoms with Gasteiger partial charge in [0.1, 0.15) is 30.6 Å². The number of rotatable bonds is 10. The number of nitrogens with one attached hydrogen (secondary N) is 2. The third-order valence-corrected chi connectivity index (χ3v) is 11.4. The van der Waals surface area contributed by atoms with Crippen molar-refractivity contribution >= 4 is 28.6 Å². The molecule has 0 bridgehead atoms. The topological polar surface area (TPSA) is 56.1 Å². The molecule has 0 saturated carbocycles. The largest absolute Gasteiger partial charge is 0.371 e. The molecular formula is C41H49N6S+.